The van der Waals surface area contributed by atoms with Gasteiger partial charge in [-0.05, 0) is 24.3 Å². The molecule has 1 saturated carbocycles. The summed E-state index contributed by atoms with van der Waals surface area (Å²) in [5.74, 6) is -0.357. The third-order valence-electron chi connectivity index (χ3n) is 4.17. The van der Waals surface area contributed by atoms with Gasteiger partial charge < -0.3 is 24.4 Å². The van der Waals surface area contributed by atoms with E-state index in [9.17, 15) is 19.4 Å². The maximum absolute atomic E-state index is 12.8. The van der Waals surface area contributed by atoms with Crippen LogP contribution in [0.3, 0.4) is 0 Å². The Bertz CT molecular complexity index is 548. The van der Waals surface area contributed by atoms with Crippen LogP contribution in [-0.4, -0.2) is 53.8 Å². The molecule has 0 radical (unpaired) electrons. The second kappa shape index (κ2) is 6.82. The van der Waals surface area contributed by atoms with Gasteiger partial charge in [-0.2, -0.15) is 0 Å². The first-order valence-corrected chi connectivity index (χ1v) is 7.58. The Morgan fingerprint density at radius 3 is 2.78 bits per heavy atom. The topological polar surface area (TPSA) is 85.2 Å². The molecule has 1 saturated heterocycles. The van der Waals surface area contributed by atoms with E-state index in [1.165, 1.54) is 24.3 Å². The standard InChI is InChI=1S/C16H19FO6/c17-9-1-3-11(4-2-9)21-7-10(18)8-22-16-12-5-15(20)23-14(12)6-13(16)19/h1-4,10,12-14,16,18-19H,5-8H2/t10?,12-,13+,14-,16+/m1/s1. The van der Waals surface area contributed by atoms with Gasteiger partial charge in [0, 0.05) is 12.3 Å². The number of ether oxygens (including phenoxy) is 3. The molecule has 0 amide bonds. The normalized spacial score (nSPS) is 30.8. The summed E-state index contributed by atoms with van der Waals surface area (Å²) < 4.78 is 28.8. The van der Waals surface area contributed by atoms with E-state index in [2.05, 4.69) is 0 Å². The van der Waals surface area contributed by atoms with Crippen LogP contribution >= 0.6 is 0 Å². The average molecular weight is 326 g/mol. The van der Waals surface area contributed by atoms with E-state index in [0.29, 0.717) is 12.2 Å². The van der Waals surface area contributed by atoms with Crippen LogP contribution < -0.4 is 4.74 Å². The van der Waals surface area contributed by atoms with Gasteiger partial charge in [-0.15, -0.1) is 0 Å². The Balaban J connectivity index is 1.44. The highest BCUT2D eigenvalue weighted by Gasteiger charge is 2.50. The molecular weight excluding hydrogens is 307 g/mol. The molecule has 23 heavy (non-hydrogen) atoms. The average Bonchev–Trinajstić information content (AvgIpc) is 3.00. The van der Waals surface area contributed by atoms with Gasteiger partial charge >= 0.3 is 5.97 Å². The van der Waals surface area contributed by atoms with E-state index >= 15 is 0 Å². The number of halogens is 1. The minimum atomic E-state index is -0.899. The van der Waals surface area contributed by atoms with E-state index in [4.69, 9.17) is 14.2 Å². The smallest absolute Gasteiger partial charge is 0.306 e. The minimum Gasteiger partial charge on any atom is -0.491 e. The molecule has 1 aliphatic carbocycles. The van der Waals surface area contributed by atoms with Crippen molar-refractivity contribution in [1.29, 1.82) is 0 Å². The number of aliphatic hydroxyl groups is 2. The molecule has 5 atom stereocenters. The molecular formula is C16H19FO6. The zero-order valence-corrected chi connectivity index (χ0v) is 12.4. The fraction of sp³-hybridized carbons (Fsp3) is 0.562. The van der Waals surface area contributed by atoms with Gasteiger partial charge in [0.15, 0.2) is 0 Å². The summed E-state index contributed by atoms with van der Waals surface area (Å²) in [6.07, 6.45) is -1.83. The first-order chi connectivity index (χ1) is 11.0. The third kappa shape index (κ3) is 3.80. The van der Waals surface area contributed by atoms with E-state index in [1.54, 1.807) is 0 Å². The van der Waals surface area contributed by atoms with Gasteiger partial charge in [-0.3, -0.25) is 4.79 Å². The van der Waals surface area contributed by atoms with Crippen LogP contribution in [0.1, 0.15) is 12.8 Å². The van der Waals surface area contributed by atoms with E-state index < -0.39 is 18.3 Å². The lowest BCUT2D eigenvalue weighted by Crippen LogP contribution is -2.34. The second-order valence-corrected chi connectivity index (χ2v) is 5.92. The lowest BCUT2D eigenvalue weighted by Gasteiger charge is -2.22. The molecule has 126 valence electrons. The van der Waals surface area contributed by atoms with Crippen LogP contribution in [-0.2, 0) is 14.3 Å². The van der Waals surface area contributed by atoms with Crippen LogP contribution in [0.4, 0.5) is 4.39 Å². The lowest BCUT2D eigenvalue weighted by molar-refractivity contribution is -0.142. The van der Waals surface area contributed by atoms with Gasteiger partial charge in [0.05, 0.1) is 25.2 Å². The minimum absolute atomic E-state index is 0.0159. The third-order valence-corrected chi connectivity index (χ3v) is 4.17. The number of esters is 1. The molecule has 1 aromatic carbocycles. The molecule has 0 spiro atoms. The molecule has 6 nitrogen and oxygen atoms in total. The number of fused-ring (bicyclic) bond motifs is 1. The zero-order valence-electron chi connectivity index (χ0n) is 12.4. The lowest BCUT2D eigenvalue weighted by atomic mass is 10.0. The van der Waals surface area contributed by atoms with Crippen molar-refractivity contribution in [2.45, 2.75) is 37.3 Å². The quantitative estimate of drug-likeness (QED) is 0.747. The van der Waals surface area contributed by atoms with Gasteiger partial charge in [-0.25, -0.2) is 4.39 Å². The molecule has 7 heteroatoms. The number of hydrogen-bond acceptors (Lipinski definition) is 6. The number of benzene rings is 1. The number of aliphatic hydroxyl groups excluding tert-OH is 2. The molecule has 2 fully saturated rings. The summed E-state index contributed by atoms with van der Waals surface area (Å²) in [7, 11) is 0. The van der Waals surface area contributed by atoms with Gasteiger partial charge in [0.1, 0.15) is 30.4 Å². The Morgan fingerprint density at radius 2 is 2.04 bits per heavy atom. The highest BCUT2D eigenvalue weighted by atomic mass is 19.1. The first kappa shape index (κ1) is 16.2. The van der Waals surface area contributed by atoms with Crippen LogP contribution in [0.15, 0.2) is 24.3 Å². The molecule has 1 aromatic rings. The van der Waals surface area contributed by atoms with Crippen molar-refractivity contribution in [2.24, 2.45) is 5.92 Å². The first-order valence-electron chi connectivity index (χ1n) is 7.58. The Hall–Kier alpha value is -1.70. The second-order valence-electron chi connectivity index (χ2n) is 5.92. The number of hydrogen-bond donors (Lipinski definition) is 2. The van der Waals surface area contributed by atoms with Crippen molar-refractivity contribution in [3.63, 3.8) is 0 Å². The Kier molecular flexibility index (Phi) is 4.79. The summed E-state index contributed by atoms with van der Waals surface area (Å²) in [6, 6.07) is 5.47. The van der Waals surface area contributed by atoms with Crippen LogP contribution in [0.5, 0.6) is 5.75 Å². The monoisotopic (exact) mass is 326 g/mol. The van der Waals surface area contributed by atoms with Gasteiger partial charge in [0.2, 0.25) is 0 Å². The fourth-order valence-corrected chi connectivity index (χ4v) is 3.06. The summed E-state index contributed by atoms with van der Waals surface area (Å²) in [5, 5.41) is 19.9. The van der Waals surface area contributed by atoms with E-state index in [-0.39, 0.29) is 43.4 Å². The van der Waals surface area contributed by atoms with Gasteiger partial charge in [-0.1, -0.05) is 0 Å². The van der Waals surface area contributed by atoms with E-state index in [1.807, 2.05) is 0 Å². The van der Waals surface area contributed by atoms with Crippen molar-refractivity contribution >= 4 is 5.97 Å². The Morgan fingerprint density at radius 1 is 1.30 bits per heavy atom. The fourth-order valence-electron chi connectivity index (χ4n) is 3.06. The number of carbonyl (C=O) groups is 1. The Labute approximate surface area is 132 Å². The molecule has 1 unspecified atom stereocenters. The van der Waals surface area contributed by atoms with Crippen molar-refractivity contribution < 1.29 is 33.6 Å². The zero-order chi connectivity index (χ0) is 16.4. The van der Waals surface area contributed by atoms with Crippen LogP contribution in [0.25, 0.3) is 0 Å². The number of carbonyl (C=O) groups excluding carboxylic acids is 1. The highest BCUT2D eigenvalue weighted by Crippen LogP contribution is 2.38. The molecule has 1 heterocycles. The summed E-state index contributed by atoms with van der Waals surface area (Å²) in [6.45, 7) is -0.0433. The highest BCUT2D eigenvalue weighted by molar-refractivity contribution is 5.72. The van der Waals surface area contributed by atoms with Crippen LogP contribution in [0, 0.1) is 11.7 Å². The molecule has 1 aliphatic heterocycles. The summed E-state index contributed by atoms with van der Waals surface area (Å²) >= 11 is 0. The van der Waals surface area contributed by atoms with E-state index in [0.717, 1.165) is 0 Å². The van der Waals surface area contributed by atoms with Gasteiger partial charge in [0.25, 0.3) is 0 Å². The SMILES string of the molecule is O=C1C[C@H]2[C@H](OCC(O)COc3ccc(F)cc3)[C@@H](O)C[C@H]2O1. The van der Waals surface area contributed by atoms with Crippen molar-refractivity contribution in [3.8, 4) is 5.75 Å². The van der Waals surface area contributed by atoms with Crippen molar-refractivity contribution in [3.05, 3.63) is 30.1 Å². The van der Waals surface area contributed by atoms with Crippen molar-refractivity contribution in [1.82, 2.24) is 0 Å². The summed E-state index contributed by atoms with van der Waals surface area (Å²) in [4.78, 5) is 11.3. The molecule has 3 rings (SSSR count). The largest absolute Gasteiger partial charge is 0.491 e. The molecule has 0 bridgehead atoms. The maximum Gasteiger partial charge on any atom is 0.306 e. The van der Waals surface area contributed by atoms with Crippen molar-refractivity contribution in [2.75, 3.05) is 13.2 Å². The van der Waals surface area contributed by atoms with Crippen LogP contribution in [0.2, 0.25) is 0 Å². The number of rotatable bonds is 6. The molecule has 0 aromatic heterocycles. The predicted molar refractivity (Wildman–Crippen MR) is 76.3 cm³/mol. The predicted octanol–water partition coefficient (Wildman–Crippen LogP) is 0.647. The maximum atomic E-state index is 12.8. The molecule has 2 aliphatic rings. The molecule has 2 N–H and O–H groups in total. The summed E-state index contributed by atoms with van der Waals surface area (Å²) in [5.41, 5.74) is 0.